The lowest BCUT2D eigenvalue weighted by atomic mass is 10.1. The van der Waals surface area contributed by atoms with Crippen molar-refractivity contribution in [1.29, 1.82) is 0 Å². The number of nitrogens with one attached hydrogen (secondary N) is 1. The highest BCUT2D eigenvalue weighted by molar-refractivity contribution is 7.89. The molecule has 1 fully saturated rings. The molecule has 2 aromatic carbocycles. The minimum atomic E-state index is -4.67. The summed E-state index contributed by atoms with van der Waals surface area (Å²) in [6.45, 7) is 0.841. The molecule has 28 heavy (non-hydrogen) atoms. The second kappa shape index (κ2) is 7.73. The molecule has 1 saturated heterocycles. The van der Waals surface area contributed by atoms with Crippen molar-refractivity contribution in [3.05, 3.63) is 58.6 Å². The van der Waals surface area contributed by atoms with Crippen molar-refractivity contribution >= 4 is 33.2 Å². The number of amides is 1. The fourth-order valence-electron chi connectivity index (χ4n) is 2.90. The van der Waals surface area contributed by atoms with Crippen molar-refractivity contribution < 1.29 is 26.4 Å². The number of halogens is 4. The van der Waals surface area contributed by atoms with E-state index in [-0.39, 0.29) is 16.1 Å². The van der Waals surface area contributed by atoms with E-state index in [9.17, 15) is 26.4 Å². The fraction of sp³-hybridized carbons (Fsp3) is 0.278. The first-order valence-corrected chi connectivity index (χ1v) is 10.2. The third kappa shape index (κ3) is 4.31. The molecule has 150 valence electrons. The van der Waals surface area contributed by atoms with Crippen LogP contribution < -0.4 is 5.32 Å². The van der Waals surface area contributed by atoms with E-state index in [1.54, 1.807) is 0 Å². The van der Waals surface area contributed by atoms with E-state index in [0.29, 0.717) is 13.1 Å². The second-order valence-corrected chi connectivity index (χ2v) is 8.63. The van der Waals surface area contributed by atoms with Crippen molar-refractivity contribution in [1.82, 2.24) is 4.31 Å². The van der Waals surface area contributed by atoms with Crippen molar-refractivity contribution in [2.75, 3.05) is 18.4 Å². The average Bonchev–Trinajstić information content (AvgIpc) is 3.18. The summed E-state index contributed by atoms with van der Waals surface area (Å²) < 4.78 is 65.4. The van der Waals surface area contributed by atoms with E-state index in [1.165, 1.54) is 34.6 Å². The standard InChI is InChI=1S/C18H16ClF3N2O3S/c19-16-7-6-13(11-15(16)18(20,21)22)23-17(25)12-4-3-5-14(10-12)28(26,27)24-8-1-2-9-24/h3-7,10-11H,1-2,8-9H2,(H,23,25). The van der Waals surface area contributed by atoms with Crippen LogP contribution in [0.3, 0.4) is 0 Å². The summed E-state index contributed by atoms with van der Waals surface area (Å²) >= 11 is 5.56. The lowest BCUT2D eigenvalue weighted by molar-refractivity contribution is -0.137. The highest BCUT2D eigenvalue weighted by atomic mass is 35.5. The second-order valence-electron chi connectivity index (χ2n) is 6.29. The van der Waals surface area contributed by atoms with Gasteiger partial charge in [-0.2, -0.15) is 17.5 Å². The van der Waals surface area contributed by atoms with E-state index in [4.69, 9.17) is 11.6 Å². The molecule has 0 saturated carbocycles. The number of anilines is 1. The predicted molar refractivity (Wildman–Crippen MR) is 98.8 cm³/mol. The lowest BCUT2D eigenvalue weighted by Gasteiger charge is -2.16. The van der Waals surface area contributed by atoms with Crippen LogP contribution in [0.2, 0.25) is 5.02 Å². The smallest absolute Gasteiger partial charge is 0.322 e. The van der Waals surface area contributed by atoms with Gasteiger partial charge in [0, 0.05) is 24.3 Å². The van der Waals surface area contributed by atoms with Gasteiger partial charge < -0.3 is 5.32 Å². The largest absolute Gasteiger partial charge is 0.417 e. The number of carbonyl (C=O) groups excluding carboxylic acids is 1. The molecule has 0 spiro atoms. The predicted octanol–water partition coefficient (Wildman–Crippen LogP) is 4.40. The van der Waals surface area contributed by atoms with Crippen LogP contribution >= 0.6 is 11.6 Å². The first-order valence-electron chi connectivity index (χ1n) is 8.37. The molecule has 0 atom stereocenters. The molecule has 1 aliphatic rings. The van der Waals surface area contributed by atoms with E-state index in [1.807, 2.05) is 0 Å². The Bertz CT molecular complexity index is 1000. The molecular weight excluding hydrogens is 417 g/mol. The summed E-state index contributed by atoms with van der Waals surface area (Å²) in [7, 11) is -3.71. The Morgan fingerprint density at radius 1 is 1.07 bits per heavy atom. The van der Waals surface area contributed by atoms with Crippen LogP contribution in [0, 0.1) is 0 Å². The number of hydrogen-bond donors (Lipinski definition) is 1. The Balaban J connectivity index is 1.84. The quantitative estimate of drug-likeness (QED) is 0.779. The van der Waals surface area contributed by atoms with Gasteiger partial charge in [-0.1, -0.05) is 17.7 Å². The molecule has 3 rings (SSSR count). The highest BCUT2D eigenvalue weighted by Crippen LogP contribution is 2.36. The Hall–Kier alpha value is -2.10. The van der Waals surface area contributed by atoms with Gasteiger partial charge in [0.15, 0.2) is 0 Å². The minimum Gasteiger partial charge on any atom is -0.322 e. The monoisotopic (exact) mass is 432 g/mol. The first kappa shape index (κ1) is 20.6. The van der Waals surface area contributed by atoms with Gasteiger partial charge in [-0.05, 0) is 49.2 Å². The van der Waals surface area contributed by atoms with Crippen molar-refractivity contribution in [2.24, 2.45) is 0 Å². The summed E-state index contributed by atoms with van der Waals surface area (Å²) in [5, 5.41) is 1.86. The third-order valence-electron chi connectivity index (χ3n) is 4.33. The zero-order valence-electron chi connectivity index (χ0n) is 14.5. The number of nitrogens with zero attached hydrogens (tertiary/aromatic N) is 1. The van der Waals surface area contributed by atoms with Gasteiger partial charge in [-0.25, -0.2) is 8.42 Å². The Morgan fingerprint density at radius 2 is 1.75 bits per heavy atom. The zero-order chi connectivity index (χ0) is 20.5. The molecule has 5 nitrogen and oxygen atoms in total. The summed E-state index contributed by atoms with van der Waals surface area (Å²) in [6.07, 6.45) is -3.11. The molecule has 0 aromatic heterocycles. The van der Waals surface area contributed by atoms with Crippen LogP contribution in [0.25, 0.3) is 0 Å². The SMILES string of the molecule is O=C(Nc1ccc(Cl)c(C(F)(F)F)c1)c1cccc(S(=O)(=O)N2CCCC2)c1. The van der Waals surface area contributed by atoms with Crippen molar-refractivity contribution in [2.45, 2.75) is 23.9 Å². The maximum absolute atomic E-state index is 13.0. The van der Waals surface area contributed by atoms with Crippen LogP contribution in [0.4, 0.5) is 18.9 Å². The van der Waals surface area contributed by atoms with E-state index < -0.39 is 32.7 Å². The van der Waals surface area contributed by atoms with Gasteiger partial charge in [-0.3, -0.25) is 4.79 Å². The molecule has 0 radical (unpaired) electrons. The molecule has 2 aromatic rings. The maximum Gasteiger partial charge on any atom is 0.417 e. The average molecular weight is 433 g/mol. The number of carbonyl (C=O) groups is 1. The molecule has 0 bridgehead atoms. The number of hydrogen-bond acceptors (Lipinski definition) is 3. The molecule has 10 heteroatoms. The van der Waals surface area contributed by atoms with Gasteiger partial charge >= 0.3 is 6.18 Å². The molecule has 0 aliphatic carbocycles. The number of rotatable bonds is 4. The van der Waals surface area contributed by atoms with Crippen LogP contribution in [-0.2, 0) is 16.2 Å². The fourth-order valence-corrected chi connectivity index (χ4v) is 4.69. The van der Waals surface area contributed by atoms with Crippen LogP contribution in [0.1, 0.15) is 28.8 Å². The zero-order valence-corrected chi connectivity index (χ0v) is 16.0. The molecule has 1 amide bonds. The third-order valence-corrected chi connectivity index (χ3v) is 6.55. The van der Waals surface area contributed by atoms with Crippen molar-refractivity contribution in [3.8, 4) is 0 Å². The molecule has 1 heterocycles. The normalized spacial score (nSPS) is 15.6. The summed E-state index contributed by atoms with van der Waals surface area (Å²) in [4.78, 5) is 12.4. The molecule has 1 N–H and O–H groups in total. The van der Waals surface area contributed by atoms with Gasteiger partial charge in [0.05, 0.1) is 15.5 Å². The summed E-state index contributed by atoms with van der Waals surface area (Å²) in [6, 6.07) is 8.40. The van der Waals surface area contributed by atoms with Gasteiger partial charge in [0.1, 0.15) is 0 Å². The number of alkyl halides is 3. The highest BCUT2D eigenvalue weighted by Gasteiger charge is 2.33. The Kier molecular flexibility index (Phi) is 5.69. The van der Waals surface area contributed by atoms with Gasteiger partial charge in [0.25, 0.3) is 5.91 Å². The van der Waals surface area contributed by atoms with Gasteiger partial charge in [-0.15, -0.1) is 0 Å². The van der Waals surface area contributed by atoms with Crippen LogP contribution in [0.15, 0.2) is 47.4 Å². The molecule has 0 unspecified atom stereocenters. The molecular formula is C18H16ClF3N2O3S. The molecule has 1 aliphatic heterocycles. The topological polar surface area (TPSA) is 66.5 Å². The van der Waals surface area contributed by atoms with Crippen LogP contribution in [0.5, 0.6) is 0 Å². The maximum atomic E-state index is 13.0. The Labute approximate surface area is 165 Å². The minimum absolute atomic E-state index is 0.0174. The number of sulfonamides is 1. The number of benzene rings is 2. The summed E-state index contributed by atoms with van der Waals surface area (Å²) in [5.74, 6) is -0.728. The van der Waals surface area contributed by atoms with E-state index in [2.05, 4.69) is 5.32 Å². The Morgan fingerprint density at radius 3 is 2.39 bits per heavy atom. The lowest BCUT2D eigenvalue weighted by Crippen LogP contribution is -2.28. The first-order chi connectivity index (χ1) is 13.1. The van der Waals surface area contributed by atoms with Crippen LogP contribution in [-0.4, -0.2) is 31.7 Å². The van der Waals surface area contributed by atoms with Gasteiger partial charge in [0.2, 0.25) is 10.0 Å². The van der Waals surface area contributed by atoms with E-state index >= 15 is 0 Å². The van der Waals surface area contributed by atoms with E-state index in [0.717, 1.165) is 25.0 Å². The van der Waals surface area contributed by atoms with Crippen molar-refractivity contribution in [3.63, 3.8) is 0 Å². The summed E-state index contributed by atoms with van der Waals surface area (Å²) in [5.41, 5.74) is -1.16.